The molecular weight excluding hydrogens is 346 g/mol. The number of hydrogen-bond donors (Lipinski definition) is 0. The second-order valence-electron chi connectivity index (χ2n) is 8.44. The lowest BCUT2D eigenvalue weighted by atomic mass is 9.75. The maximum Gasteiger partial charge on any atom is 0.119 e. The summed E-state index contributed by atoms with van der Waals surface area (Å²) in [5.41, 5.74) is 3.36. The molecule has 0 saturated carbocycles. The molecule has 3 atom stereocenters. The van der Waals surface area contributed by atoms with Gasteiger partial charge in [-0.1, -0.05) is 30.3 Å². The Kier molecular flexibility index (Phi) is 4.58. The summed E-state index contributed by atoms with van der Waals surface area (Å²) in [6.45, 7) is 4.38. The van der Waals surface area contributed by atoms with Crippen molar-refractivity contribution in [3.63, 3.8) is 0 Å². The van der Waals surface area contributed by atoms with Gasteiger partial charge in [0.15, 0.2) is 0 Å². The first-order valence-corrected chi connectivity index (χ1v) is 10.4. The Morgan fingerprint density at radius 1 is 1.07 bits per heavy atom. The third kappa shape index (κ3) is 2.90. The van der Waals surface area contributed by atoms with E-state index in [1.807, 2.05) is 18.2 Å². The van der Waals surface area contributed by atoms with Crippen molar-refractivity contribution in [2.24, 2.45) is 5.92 Å². The van der Waals surface area contributed by atoms with E-state index in [4.69, 9.17) is 4.74 Å². The predicted molar refractivity (Wildman–Crippen MR) is 109 cm³/mol. The van der Waals surface area contributed by atoms with E-state index in [-0.39, 0.29) is 0 Å². The number of methoxy groups -OCH3 is 1. The van der Waals surface area contributed by atoms with Crippen LogP contribution in [-0.2, 0) is 6.54 Å². The number of fused-ring (bicyclic) bond motifs is 2. The zero-order valence-electron chi connectivity index (χ0n) is 16.4. The summed E-state index contributed by atoms with van der Waals surface area (Å²) >= 11 is 0. The molecule has 2 aromatic carbocycles. The van der Waals surface area contributed by atoms with Crippen LogP contribution in [0.2, 0.25) is 0 Å². The second-order valence-corrected chi connectivity index (χ2v) is 8.44. The van der Waals surface area contributed by atoms with E-state index in [9.17, 15) is 5.26 Å². The summed E-state index contributed by atoms with van der Waals surface area (Å²) in [5.74, 6) is 2.22. The number of ether oxygens (including phenoxy) is 1. The highest BCUT2D eigenvalue weighted by atomic mass is 16.5. The van der Waals surface area contributed by atoms with Crippen LogP contribution in [0.15, 0.2) is 48.5 Å². The quantitative estimate of drug-likeness (QED) is 0.820. The molecule has 4 heteroatoms. The van der Waals surface area contributed by atoms with Gasteiger partial charge < -0.3 is 4.74 Å². The molecule has 4 heterocycles. The van der Waals surface area contributed by atoms with E-state index in [0.29, 0.717) is 18.0 Å². The summed E-state index contributed by atoms with van der Waals surface area (Å²) in [5, 5.41) is 9.53. The molecule has 4 aliphatic rings. The average Bonchev–Trinajstić information content (AvgIpc) is 3.16. The fourth-order valence-electron chi connectivity index (χ4n) is 5.87. The van der Waals surface area contributed by atoms with Crippen molar-refractivity contribution in [1.82, 2.24) is 9.80 Å². The average molecular weight is 374 g/mol. The van der Waals surface area contributed by atoms with Crippen molar-refractivity contribution in [3.8, 4) is 11.8 Å². The molecule has 28 heavy (non-hydrogen) atoms. The number of nitriles is 1. The van der Waals surface area contributed by atoms with Crippen LogP contribution in [0.5, 0.6) is 5.75 Å². The molecule has 0 amide bonds. The van der Waals surface area contributed by atoms with E-state index < -0.39 is 0 Å². The van der Waals surface area contributed by atoms with E-state index in [2.05, 4.69) is 46.2 Å². The van der Waals surface area contributed by atoms with Crippen LogP contribution in [0.4, 0.5) is 0 Å². The lowest BCUT2D eigenvalue weighted by Crippen LogP contribution is -2.60. The Morgan fingerprint density at radius 3 is 2.68 bits per heavy atom. The van der Waals surface area contributed by atoms with Crippen molar-refractivity contribution in [2.45, 2.75) is 37.4 Å². The lowest BCUT2D eigenvalue weighted by Gasteiger charge is -2.51. The third-order valence-electron chi connectivity index (χ3n) is 7.13. The molecule has 0 radical (unpaired) electrons. The molecular formula is C24H27N3O. The highest BCUT2D eigenvalue weighted by Crippen LogP contribution is 2.47. The van der Waals surface area contributed by atoms with Gasteiger partial charge in [-0.2, -0.15) is 5.26 Å². The summed E-state index contributed by atoms with van der Waals surface area (Å²) < 4.78 is 5.50. The number of piperidine rings is 3. The normalized spacial score (nSPS) is 31.4. The molecule has 0 aromatic heterocycles. The van der Waals surface area contributed by atoms with Gasteiger partial charge in [0.2, 0.25) is 0 Å². The largest absolute Gasteiger partial charge is 0.497 e. The van der Waals surface area contributed by atoms with Crippen LogP contribution in [0.1, 0.15) is 35.4 Å². The number of hydrogen-bond acceptors (Lipinski definition) is 4. The Labute approximate surface area is 167 Å². The molecule has 2 aromatic rings. The van der Waals surface area contributed by atoms with Crippen LogP contribution in [-0.4, -0.2) is 48.6 Å². The molecule has 0 N–H and O–H groups in total. The zero-order chi connectivity index (χ0) is 19.1. The Morgan fingerprint density at radius 2 is 1.89 bits per heavy atom. The van der Waals surface area contributed by atoms with E-state index >= 15 is 0 Å². The van der Waals surface area contributed by atoms with E-state index in [1.54, 1.807) is 7.11 Å². The van der Waals surface area contributed by atoms with Crippen molar-refractivity contribution < 1.29 is 4.74 Å². The first-order valence-electron chi connectivity index (χ1n) is 10.4. The predicted octanol–water partition coefficient (Wildman–Crippen LogP) is 3.63. The Hall–Kier alpha value is -2.35. The van der Waals surface area contributed by atoms with Crippen molar-refractivity contribution in [2.75, 3.05) is 26.7 Å². The number of nitrogens with zero attached hydrogens (tertiary/aromatic N) is 3. The van der Waals surface area contributed by atoms with Gasteiger partial charge in [0.25, 0.3) is 0 Å². The maximum absolute atomic E-state index is 9.53. The second kappa shape index (κ2) is 7.24. The smallest absolute Gasteiger partial charge is 0.119 e. The Bertz CT molecular complexity index is 897. The van der Waals surface area contributed by atoms with Crippen LogP contribution < -0.4 is 4.74 Å². The SMILES string of the molecule is COc1cccc([C@@H]2CN(Cc3ccccc3C#N)[C@H]3C4CCN(CC4)[C@@H]23)c1. The molecule has 4 saturated heterocycles. The van der Waals surface area contributed by atoms with Crippen molar-refractivity contribution >= 4 is 0 Å². The van der Waals surface area contributed by atoms with Gasteiger partial charge >= 0.3 is 0 Å². The molecule has 0 aliphatic carbocycles. The Balaban J connectivity index is 1.49. The van der Waals surface area contributed by atoms with Gasteiger partial charge in [-0.15, -0.1) is 0 Å². The summed E-state index contributed by atoms with van der Waals surface area (Å²) in [6, 6.07) is 20.3. The fraction of sp³-hybridized carbons (Fsp3) is 0.458. The molecule has 2 bridgehead atoms. The van der Waals surface area contributed by atoms with Gasteiger partial charge in [-0.05, 0) is 61.2 Å². The molecule has 4 aliphatic heterocycles. The van der Waals surface area contributed by atoms with E-state index in [0.717, 1.165) is 35.9 Å². The van der Waals surface area contributed by atoms with Gasteiger partial charge in [-0.25, -0.2) is 0 Å². The lowest BCUT2D eigenvalue weighted by molar-refractivity contribution is -0.00871. The minimum atomic E-state index is 0.498. The highest BCUT2D eigenvalue weighted by molar-refractivity contribution is 5.38. The molecule has 6 rings (SSSR count). The van der Waals surface area contributed by atoms with Crippen LogP contribution in [0.3, 0.4) is 0 Å². The zero-order valence-corrected chi connectivity index (χ0v) is 16.4. The van der Waals surface area contributed by atoms with Gasteiger partial charge in [0.05, 0.1) is 18.7 Å². The van der Waals surface area contributed by atoms with Gasteiger partial charge in [0.1, 0.15) is 5.75 Å². The summed E-state index contributed by atoms with van der Waals surface area (Å²) in [7, 11) is 1.74. The first-order chi connectivity index (χ1) is 13.8. The van der Waals surface area contributed by atoms with Crippen LogP contribution >= 0.6 is 0 Å². The van der Waals surface area contributed by atoms with Crippen LogP contribution in [0.25, 0.3) is 0 Å². The molecule has 0 spiro atoms. The molecule has 0 unspecified atom stereocenters. The highest BCUT2D eigenvalue weighted by Gasteiger charge is 2.53. The molecule has 4 nitrogen and oxygen atoms in total. The summed E-state index contributed by atoms with van der Waals surface area (Å²) in [4.78, 5) is 5.39. The number of rotatable bonds is 4. The van der Waals surface area contributed by atoms with Crippen molar-refractivity contribution in [3.05, 3.63) is 65.2 Å². The first kappa shape index (κ1) is 17.7. The van der Waals surface area contributed by atoms with Gasteiger partial charge in [0, 0.05) is 31.1 Å². The van der Waals surface area contributed by atoms with Gasteiger partial charge in [-0.3, -0.25) is 9.80 Å². The van der Waals surface area contributed by atoms with E-state index in [1.165, 1.54) is 31.5 Å². The minimum Gasteiger partial charge on any atom is -0.497 e. The summed E-state index contributed by atoms with van der Waals surface area (Å²) in [6.07, 6.45) is 2.62. The van der Waals surface area contributed by atoms with Crippen LogP contribution in [0, 0.1) is 17.2 Å². The number of likely N-dealkylation sites (tertiary alicyclic amines) is 1. The molecule has 4 fully saturated rings. The number of benzene rings is 2. The fourth-order valence-corrected chi connectivity index (χ4v) is 5.87. The standard InChI is InChI=1S/C24H27N3O/c1-28-21-8-4-7-18(13-21)22-16-27(15-20-6-3-2-5-19(20)14-25)23-17-9-11-26(12-10-17)24(22)23/h2-8,13,17,22-24H,9-12,15-16H2,1H3/t22-,23-,24-/m0/s1. The van der Waals surface area contributed by atoms with Crippen molar-refractivity contribution in [1.29, 1.82) is 5.26 Å². The monoisotopic (exact) mass is 373 g/mol. The topological polar surface area (TPSA) is 39.5 Å². The third-order valence-corrected chi connectivity index (χ3v) is 7.13. The maximum atomic E-state index is 9.53. The minimum absolute atomic E-state index is 0.498. The molecule has 144 valence electrons.